The van der Waals surface area contributed by atoms with Gasteiger partial charge in [-0.3, -0.25) is 4.79 Å². The second-order valence-electron chi connectivity index (χ2n) is 6.28. The van der Waals surface area contributed by atoms with Crippen LogP contribution in [0.15, 0.2) is 48.5 Å². The Hall–Kier alpha value is -2.73. The van der Waals surface area contributed by atoms with Crippen LogP contribution in [0.5, 0.6) is 0 Å². The summed E-state index contributed by atoms with van der Waals surface area (Å²) in [5.74, 6) is -0.0618. The van der Waals surface area contributed by atoms with Gasteiger partial charge in [-0.25, -0.2) is 4.68 Å². The van der Waals surface area contributed by atoms with E-state index in [0.29, 0.717) is 18.7 Å². The van der Waals surface area contributed by atoms with Crippen LogP contribution >= 0.6 is 0 Å². The zero-order valence-electron chi connectivity index (χ0n) is 13.9. The number of amides is 1. The van der Waals surface area contributed by atoms with Crippen molar-refractivity contribution >= 4 is 16.9 Å². The Morgan fingerprint density at radius 1 is 1.20 bits per heavy atom. The topological polar surface area (TPSA) is 69.0 Å². The number of fused-ring (bicyclic) bond motifs is 1. The first-order valence-electron chi connectivity index (χ1n) is 8.56. The summed E-state index contributed by atoms with van der Waals surface area (Å²) in [6.45, 7) is 2.00. The van der Waals surface area contributed by atoms with Crippen molar-refractivity contribution in [3.63, 3.8) is 0 Å². The van der Waals surface area contributed by atoms with Gasteiger partial charge in [0, 0.05) is 18.7 Å². The summed E-state index contributed by atoms with van der Waals surface area (Å²) < 4.78 is 7.38. The number of aromatic nitrogens is 3. The lowest BCUT2D eigenvalue weighted by molar-refractivity contribution is 0.0858. The van der Waals surface area contributed by atoms with Crippen LogP contribution in [0.3, 0.4) is 0 Å². The molecule has 0 bridgehead atoms. The maximum atomic E-state index is 12.2. The van der Waals surface area contributed by atoms with E-state index in [2.05, 4.69) is 15.6 Å². The lowest BCUT2D eigenvalue weighted by Gasteiger charge is -2.11. The second kappa shape index (κ2) is 7.03. The zero-order valence-corrected chi connectivity index (χ0v) is 13.9. The number of benzene rings is 2. The second-order valence-corrected chi connectivity index (χ2v) is 6.28. The van der Waals surface area contributed by atoms with E-state index in [0.717, 1.165) is 36.0 Å². The zero-order chi connectivity index (χ0) is 17.1. The highest BCUT2D eigenvalue weighted by Crippen LogP contribution is 2.13. The Balaban J connectivity index is 1.40. The molecule has 2 aromatic carbocycles. The number of para-hydroxylation sites is 1. The molecule has 6 nitrogen and oxygen atoms in total. The van der Waals surface area contributed by atoms with Gasteiger partial charge < -0.3 is 10.1 Å². The number of nitrogens with one attached hydrogen (secondary N) is 1. The van der Waals surface area contributed by atoms with Crippen LogP contribution in [0.2, 0.25) is 0 Å². The summed E-state index contributed by atoms with van der Waals surface area (Å²) in [5, 5.41) is 11.3. The Kier molecular flexibility index (Phi) is 4.43. The smallest absolute Gasteiger partial charge is 0.251 e. The van der Waals surface area contributed by atoms with Gasteiger partial charge in [0.2, 0.25) is 0 Å². The van der Waals surface area contributed by atoms with Gasteiger partial charge in [0.05, 0.1) is 18.2 Å². The summed E-state index contributed by atoms with van der Waals surface area (Å²) in [5.41, 5.74) is 3.62. The third kappa shape index (κ3) is 3.53. The first kappa shape index (κ1) is 15.8. The summed E-state index contributed by atoms with van der Waals surface area (Å²) >= 11 is 0. The molecule has 0 radical (unpaired) electrons. The lowest BCUT2D eigenvalue weighted by atomic mass is 10.1. The van der Waals surface area contributed by atoms with Gasteiger partial charge in [-0.2, -0.15) is 0 Å². The van der Waals surface area contributed by atoms with Gasteiger partial charge in [0.25, 0.3) is 5.91 Å². The molecular weight excluding hydrogens is 316 g/mol. The van der Waals surface area contributed by atoms with Crippen LogP contribution in [-0.2, 0) is 11.3 Å². The molecule has 1 atom stereocenters. The van der Waals surface area contributed by atoms with Crippen LogP contribution in [0.25, 0.3) is 11.0 Å². The van der Waals surface area contributed by atoms with Crippen molar-refractivity contribution in [1.82, 2.24) is 20.3 Å². The predicted octanol–water partition coefficient (Wildman–Crippen LogP) is 2.39. The van der Waals surface area contributed by atoms with Gasteiger partial charge in [0.1, 0.15) is 5.52 Å². The minimum atomic E-state index is -0.0618. The molecule has 2 heterocycles. The molecule has 3 aromatic rings. The molecule has 1 aromatic heterocycles. The Labute approximate surface area is 145 Å². The number of hydrogen-bond acceptors (Lipinski definition) is 4. The Morgan fingerprint density at radius 3 is 2.84 bits per heavy atom. The number of nitrogens with zero attached hydrogens (tertiary/aromatic N) is 3. The quantitative estimate of drug-likeness (QED) is 0.777. The van der Waals surface area contributed by atoms with Gasteiger partial charge in [-0.15, -0.1) is 5.10 Å². The lowest BCUT2D eigenvalue weighted by Crippen LogP contribution is -2.31. The average molecular weight is 336 g/mol. The molecule has 1 saturated heterocycles. The summed E-state index contributed by atoms with van der Waals surface area (Å²) in [6.07, 6.45) is 2.25. The molecule has 1 unspecified atom stereocenters. The molecule has 4 rings (SSSR count). The van der Waals surface area contributed by atoms with Crippen molar-refractivity contribution in [2.24, 2.45) is 0 Å². The van der Waals surface area contributed by atoms with Crippen LogP contribution in [-0.4, -0.2) is 40.2 Å². The van der Waals surface area contributed by atoms with E-state index < -0.39 is 0 Å². The third-order valence-electron chi connectivity index (χ3n) is 4.48. The first-order valence-corrected chi connectivity index (χ1v) is 8.56. The van der Waals surface area contributed by atoms with Crippen LogP contribution < -0.4 is 5.32 Å². The molecule has 1 amide bonds. The van der Waals surface area contributed by atoms with Gasteiger partial charge in [-0.1, -0.05) is 29.5 Å². The highest BCUT2D eigenvalue weighted by Gasteiger charge is 2.16. The van der Waals surface area contributed by atoms with Gasteiger partial charge in [0.15, 0.2) is 0 Å². The van der Waals surface area contributed by atoms with Gasteiger partial charge >= 0.3 is 0 Å². The van der Waals surface area contributed by atoms with Crippen molar-refractivity contribution in [2.75, 3.05) is 13.2 Å². The van der Waals surface area contributed by atoms with Crippen molar-refractivity contribution < 1.29 is 9.53 Å². The fourth-order valence-electron chi connectivity index (χ4n) is 3.08. The van der Waals surface area contributed by atoms with E-state index in [1.807, 2.05) is 53.2 Å². The molecular formula is C19H20N4O2. The molecule has 0 saturated carbocycles. The fourth-order valence-corrected chi connectivity index (χ4v) is 3.08. The minimum absolute atomic E-state index is 0.0618. The summed E-state index contributed by atoms with van der Waals surface area (Å²) in [6, 6.07) is 15.5. The van der Waals surface area contributed by atoms with E-state index in [4.69, 9.17) is 4.74 Å². The number of ether oxygens (including phenoxy) is 1. The van der Waals surface area contributed by atoms with E-state index in [9.17, 15) is 4.79 Å². The summed E-state index contributed by atoms with van der Waals surface area (Å²) in [7, 11) is 0. The fraction of sp³-hybridized carbons (Fsp3) is 0.316. The third-order valence-corrected chi connectivity index (χ3v) is 4.48. The molecule has 25 heavy (non-hydrogen) atoms. The number of carbonyl (C=O) groups excluding carboxylic acids is 1. The van der Waals surface area contributed by atoms with E-state index in [-0.39, 0.29) is 12.0 Å². The maximum Gasteiger partial charge on any atom is 0.251 e. The molecule has 0 spiro atoms. The molecule has 1 fully saturated rings. The Morgan fingerprint density at radius 2 is 2.04 bits per heavy atom. The number of hydrogen-bond donors (Lipinski definition) is 1. The highest BCUT2D eigenvalue weighted by molar-refractivity contribution is 5.94. The standard InChI is InChI=1S/C19H20N4O2/c24-19(20-12-16-4-3-11-25-16)15-9-7-14(8-10-15)13-23-18-6-2-1-5-17(18)21-22-23/h1-2,5-10,16H,3-4,11-13H2,(H,20,24). The van der Waals surface area contributed by atoms with Crippen molar-refractivity contribution in [1.29, 1.82) is 0 Å². The minimum Gasteiger partial charge on any atom is -0.376 e. The van der Waals surface area contributed by atoms with Crippen LogP contribution in [0.1, 0.15) is 28.8 Å². The van der Waals surface area contributed by atoms with Crippen molar-refractivity contribution in [2.45, 2.75) is 25.5 Å². The summed E-state index contributed by atoms with van der Waals surface area (Å²) in [4.78, 5) is 12.2. The molecule has 0 aliphatic carbocycles. The number of carbonyl (C=O) groups is 1. The average Bonchev–Trinajstić information content (AvgIpc) is 3.31. The van der Waals surface area contributed by atoms with Crippen molar-refractivity contribution in [3.05, 3.63) is 59.7 Å². The molecule has 1 aliphatic rings. The van der Waals surface area contributed by atoms with E-state index in [1.165, 1.54) is 0 Å². The molecule has 6 heteroatoms. The normalized spacial score (nSPS) is 17.0. The maximum absolute atomic E-state index is 12.2. The van der Waals surface area contributed by atoms with E-state index >= 15 is 0 Å². The number of rotatable bonds is 5. The molecule has 128 valence electrons. The van der Waals surface area contributed by atoms with Gasteiger partial charge in [-0.05, 0) is 42.7 Å². The largest absolute Gasteiger partial charge is 0.376 e. The molecule has 1 aliphatic heterocycles. The predicted molar refractivity (Wildman–Crippen MR) is 94.4 cm³/mol. The SMILES string of the molecule is O=C(NCC1CCCO1)c1ccc(Cn2nnc3ccccc32)cc1. The monoisotopic (exact) mass is 336 g/mol. The Bertz CT molecular complexity index is 867. The highest BCUT2D eigenvalue weighted by atomic mass is 16.5. The van der Waals surface area contributed by atoms with E-state index in [1.54, 1.807) is 0 Å². The van der Waals surface area contributed by atoms with Crippen LogP contribution in [0.4, 0.5) is 0 Å². The molecule has 1 N–H and O–H groups in total. The van der Waals surface area contributed by atoms with Crippen LogP contribution in [0, 0.1) is 0 Å². The first-order chi connectivity index (χ1) is 12.3. The van der Waals surface area contributed by atoms with Crippen molar-refractivity contribution in [3.8, 4) is 0 Å².